The molecule has 4 aromatic rings. The average molecular weight is 913 g/mol. The number of carbonyl (C=O) groups excluding carboxylic acids is 5. The normalized spacial score (nSPS) is 19.4. The highest BCUT2D eigenvalue weighted by molar-refractivity contribution is 6.39. The second kappa shape index (κ2) is 21.4. The van der Waals surface area contributed by atoms with E-state index in [0.717, 1.165) is 22.4 Å². The first-order valence-electron chi connectivity index (χ1n) is 19.7. The molecule has 19 nitrogen and oxygen atoms in total. The Hall–Kier alpha value is -7.30. The summed E-state index contributed by atoms with van der Waals surface area (Å²) in [5, 5.41) is 15.9. The molecule has 0 radical (unpaired) electrons. The minimum absolute atomic E-state index is 0.00850. The summed E-state index contributed by atoms with van der Waals surface area (Å²) in [7, 11) is 2.59. The van der Waals surface area contributed by atoms with Crippen molar-refractivity contribution >= 4 is 46.9 Å². The maximum absolute atomic E-state index is 14.5. The molecule has 0 aromatic carbocycles. The van der Waals surface area contributed by atoms with Crippen LogP contribution in [0.2, 0.25) is 0 Å². The monoisotopic (exact) mass is 912 g/mol. The van der Waals surface area contributed by atoms with Crippen molar-refractivity contribution in [3.05, 3.63) is 94.8 Å². The molecule has 348 valence electrons. The highest BCUT2D eigenvalue weighted by Crippen LogP contribution is 2.43. The maximum atomic E-state index is 14.5. The van der Waals surface area contributed by atoms with E-state index in [1.165, 1.54) is 45.7 Å². The van der Waals surface area contributed by atoms with Crippen LogP contribution < -0.4 is 36.9 Å². The van der Waals surface area contributed by atoms with Crippen LogP contribution in [0.3, 0.4) is 0 Å². The number of halogens is 4. The van der Waals surface area contributed by atoms with Gasteiger partial charge in [0, 0.05) is 67.6 Å². The van der Waals surface area contributed by atoms with Crippen LogP contribution in [0.4, 0.5) is 28.9 Å². The first kappa shape index (κ1) is 50.3. The fraction of sp³-hybridized carbons (Fsp3) is 0.381. The quantitative estimate of drug-likeness (QED) is 0.108. The van der Waals surface area contributed by atoms with E-state index in [2.05, 4.69) is 30.6 Å². The molecule has 2 aliphatic rings. The van der Waals surface area contributed by atoms with Crippen molar-refractivity contribution in [1.29, 1.82) is 0 Å². The summed E-state index contributed by atoms with van der Waals surface area (Å²) >= 11 is 0. The first-order chi connectivity index (χ1) is 30.5. The smallest absolute Gasteiger partial charge is 0.394 e. The standard InChI is InChI=1S/C21H23F2N5O4.C12H16F2N2.C9H9N3O5/c1-11-10-28(16(7-21(11,22)23)13-5-4-12(2)25-8-13)20(31)18(30)27-14-6-15(17(24)29)19(32-3)26-9-14;1-8-6-16-11(5-12(8,13)14)10-4-3-9(2)15-7-10;1-17-8-5(6(10)13)2-4(3-11-8)12-7(14)9(15)16/h4-6,8-9,11,16H,7,10H2,1-3H3,(H2,24,29)(H,27,30);3-4,7-8,11,16H,5-6H2,1-2H3;2-3H,1H3,(H2,10,13)(H,12,14)(H,15,16)/t11-,16-;8-,11-;/m00./s1. The van der Waals surface area contributed by atoms with Gasteiger partial charge < -0.3 is 46.9 Å². The fourth-order valence-electron chi connectivity index (χ4n) is 6.48. The Morgan fingerprint density at radius 1 is 0.723 bits per heavy atom. The Bertz CT molecular complexity index is 2390. The molecule has 23 heteroatoms. The lowest BCUT2D eigenvalue weighted by atomic mass is 9.87. The summed E-state index contributed by atoms with van der Waals surface area (Å²) in [5.41, 5.74) is 13.1. The molecular weight excluding hydrogens is 865 g/mol. The zero-order chi connectivity index (χ0) is 48.4. The zero-order valence-electron chi connectivity index (χ0n) is 36.0. The second-order valence-corrected chi connectivity index (χ2v) is 15.1. The summed E-state index contributed by atoms with van der Waals surface area (Å²) in [4.78, 5) is 86.3. The van der Waals surface area contributed by atoms with E-state index in [-0.39, 0.29) is 53.3 Å². The number of aliphatic carboxylic acids is 1. The zero-order valence-corrected chi connectivity index (χ0v) is 36.0. The summed E-state index contributed by atoms with van der Waals surface area (Å²) in [5.74, 6) is -14.0. The number of carboxylic acid groups (broad SMARTS) is 1. The largest absolute Gasteiger partial charge is 0.480 e. The van der Waals surface area contributed by atoms with Gasteiger partial charge in [-0.1, -0.05) is 26.0 Å². The number of nitrogens with two attached hydrogens (primary N) is 2. The van der Waals surface area contributed by atoms with E-state index in [4.69, 9.17) is 26.0 Å². The number of likely N-dealkylation sites (tertiary alicyclic amines) is 1. The van der Waals surface area contributed by atoms with Crippen molar-refractivity contribution in [1.82, 2.24) is 30.2 Å². The Labute approximate surface area is 369 Å². The molecule has 6 rings (SSSR count). The number of piperidine rings is 2. The van der Waals surface area contributed by atoms with Gasteiger partial charge in [0.2, 0.25) is 11.8 Å². The van der Waals surface area contributed by atoms with Gasteiger partial charge in [-0.2, -0.15) is 0 Å². The van der Waals surface area contributed by atoms with Gasteiger partial charge in [0.15, 0.2) is 0 Å². The Morgan fingerprint density at radius 2 is 1.20 bits per heavy atom. The van der Waals surface area contributed by atoms with Gasteiger partial charge in [0.1, 0.15) is 11.1 Å². The van der Waals surface area contributed by atoms with Crippen molar-refractivity contribution in [2.75, 3.05) is 37.9 Å². The third-order valence-electron chi connectivity index (χ3n) is 10.3. The molecular formula is C42H48F4N10O9. The third-order valence-corrected chi connectivity index (χ3v) is 10.3. The number of nitrogens with one attached hydrogen (secondary N) is 3. The van der Waals surface area contributed by atoms with Crippen molar-refractivity contribution < 1.29 is 60.9 Å². The van der Waals surface area contributed by atoms with Gasteiger partial charge in [-0.3, -0.25) is 33.9 Å². The molecule has 2 fully saturated rings. The molecule has 2 saturated heterocycles. The molecule has 8 N–H and O–H groups in total. The summed E-state index contributed by atoms with van der Waals surface area (Å²) in [6, 6.07) is 8.08. The minimum Gasteiger partial charge on any atom is -0.480 e. The number of hydrogen-bond acceptors (Lipinski definition) is 13. The number of methoxy groups -OCH3 is 2. The molecule has 0 spiro atoms. The van der Waals surface area contributed by atoms with Gasteiger partial charge in [-0.25, -0.2) is 32.3 Å². The van der Waals surface area contributed by atoms with Gasteiger partial charge >= 0.3 is 23.7 Å². The number of pyridine rings is 4. The number of ether oxygens (including phenoxy) is 2. The Balaban J connectivity index is 0.000000235. The number of anilines is 2. The number of carbonyl (C=O) groups is 6. The van der Waals surface area contributed by atoms with Crippen LogP contribution >= 0.6 is 0 Å². The topological polar surface area (TPSA) is 284 Å². The number of aromatic nitrogens is 4. The first-order valence-corrected chi connectivity index (χ1v) is 19.7. The molecule has 0 aliphatic carbocycles. The lowest BCUT2D eigenvalue weighted by Crippen LogP contribution is -2.52. The summed E-state index contributed by atoms with van der Waals surface area (Å²) < 4.78 is 65.7. The highest BCUT2D eigenvalue weighted by Gasteiger charge is 2.49. The molecule has 4 atom stereocenters. The van der Waals surface area contributed by atoms with Crippen LogP contribution in [0.1, 0.15) is 82.0 Å². The van der Waals surface area contributed by atoms with E-state index < -0.39 is 71.6 Å². The van der Waals surface area contributed by atoms with E-state index in [0.29, 0.717) is 17.8 Å². The number of rotatable bonds is 8. The van der Waals surface area contributed by atoms with Crippen molar-refractivity contribution in [3.63, 3.8) is 0 Å². The van der Waals surface area contributed by atoms with Crippen LogP contribution in [0.25, 0.3) is 0 Å². The number of hydrogen-bond donors (Lipinski definition) is 6. The molecule has 6 heterocycles. The molecule has 4 aromatic heterocycles. The van der Waals surface area contributed by atoms with Crippen LogP contribution in [0, 0.1) is 25.7 Å². The molecule has 5 amide bonds. The van der Waals surface area contributed by atoms with Crippen LogP contribution in [0.15, 0.2) is 61.2 Å². The predicted molar refractivity (Wildman–Crippen MR) is 224 cm³/mol. The third kappa shape index (κ3) is 13.1. The van der Waals surface area contributed by atoms with Crippen LogP contribution in [0.5, 0.6) is 11.8 Å². The predicted octanol–water partition coefficient (Wildman–Crippen LogP) is 3.98. The lowest BCUT2D eigenvalue weighted by molar-refractivity contribution is -0.159. The SMILES string of the molecule is COc1ncc(NC(=O)C(=O)N2C[C@H](C)C(F)(F)C[C@H]2c2ccc(C)nc2)cc1C(N)=O.COc1ncc(NC(=O)C(=O)O)cc1C(N)=O.Cc1ccc([C@@H]2CC(F)(F)[C@@H](C)CN2)cn1. The summed E-state index contributed by atoms with van der Waals surface area (Å²) in [6.45, 7) is 6.58. The van der Waals surface area contributed by atoms with Crippen molar-refractivity contribution in [2.45, 2.75) is 64.5 Å². The van der Waals surface area contributed by atoms with E-state index in [1.54, 1.807) is 32.2 Å². The highest BCUT2D eigenvalue weighted by atomic mass is 19.3. The van der Waals surface area contributed by atoms with E-state index in [1.807, 2.05) is 24.4 Å². The summed E-state index contributed by atoms with van der Waals surface area (Å²) in [6.07, 6.45) is 4.67. The minimum atomic E-state index is -3.01. The van der Waals surface area contributed by atoms with Crippen LogP contribution in [-0.4, -0.2) is 105 Å². The van der Waals surface area contributed by atoms with Crippen molar-refractivity contribution in [3.8, 4) is 11.8 Å². The van der Waals surface area contributed by atoms with Gasteiger partial charge in [0.25, 0.3) is 23.7 Å². The average Bonchev–Trinajstić information content (AvgIpc) is 3.26. The number of carboxylic acids is 1. The Kier molecular flexibility index (Phi) is 16.6. The van der Waals surface area contributed by atoms with Crippen LogP contribution in [-0.2, 0) is 19.2 Å². The second-order valence-electron chi connectivity index (χ2n) is 15.1. The molecule has 0 unspecified atom stereocenters. The van der Waals surface area contributed by atoms with Gasteiger partial charge in [-0.15, -0.1) is 0 Å². The van der Waals surface area contributed by atoms with Crippen molar-refractivity contribution in [2.24, 2.45) is 23.3 Å². The maximum Gasteiger partial charge on any atom is 0.394 e. The fourth-order valence-corrected chi connectivity index (χ4v) is 6.48. The molecule has 2 aliphatic heterocycles. The number of nitrogens with zero attached hydrogens (tertiary/aromatic N) is 5. The number of amides is 5. The molecule has 0 saturated carbocycles. The number of alkyl halides is 4. The Morgan fingerprint density at radius 3 is 1.63 bits per heavy atom. The van der Waals surface area contributed by atoms with E-state index in [9.17, 15) is 46.3 Å². The van der Waals surface area contributed by atoms with Gasteiger partial charge in [-0.05, 0) is 49.2 Å². The molecule has 0 bridgehead atoms. The number of primary amides is 2. The molecule has 65 heavy (non-hydrogen) atoms. The lowest BCUT2D eigenvalue weighted by Gasteiger charge is -2.42. The van der Waals surface area contributed by atoms with Gasteiger partial charge in [0.05, 0.1) is 44.0 Å². The number of aryl methyl sites for hydroxylation is 2. The van der Waals surface area contributed by atoms with E-state index >= 15 is 0 Å².